The molecule has 0 aromatic heterocycles. The molecule has 1 atom stereocenters. The number of hydrogen-bond acceptors (Lipinski definition) is 2. The monoisotopic (exact) mass is 307 g/mol. The molecule has 0 aliphatic carbocycles. The number of hydrogen-bond donors (Lipinski definition) is 1. The quantitative estimate of drug-likeness (QED) is 0.878. The van der Waals surface area contributed by atoms with Crippen LogP contribution in [0.4, 0.5) is 4.39 Å². The number of benzene rings is 2. The first-order chi connectivity index (χ1) is 10.1. The van der Waals surface area contributed by atoms with Crippen molar-refractivity contribution >= 4 is 11.6 Å². The lowest BCUT2D eigenvalue weighted by Gasteiger charge is -2.20. The van der Waals surface area contributed by atoms with Gasteiger partial charge < -0.3 is 10.1 Å². The fraction of sp³-hybridized carbons (Fsp3) is 0.294. The Morgan fingerprint density at radius 3 is 2.62 bits per heavy atom. The average Bonchev–Trinajstić information content (AvgIpc) is 2.46. The Balaban J connectivity index is 2.47. The molecule has 0 aliphatic heterocycles. The fourth-order valence-electron chi connectivity index (χ4n) is 2.33. The van der Waals surface area contributed by atoms with Gasteiger partial charge in [-0.05, 0) is 42.8 Å². The summed E-state index contributed by atoms with van der Waals surface area (Å²) in [5.41, 5.74) is 2.44. The van der Waals surface area contributed by atoms with Gasteiger partial charge in [0.25, 0.3) is 0 Å². The van der Waals surface area contributed by atoms with Crippen molar-refractivity contribution in [2.45, 2.75) is 19.9 Å². The van der Waals surface area contributed by atoms with Crippen LogP contribution in [0.2, 0.25) is 5.02 Å². The van der Waals surface area contributed by atoms with E-state index in [9.17, 15) is 4.39 Å². The molecule has 21 heavy (non-hydrogen) atoms. The van der Waals surface area contributed by atoms with E-state index in [2.05, 4.69) is 5.32 Å². The third kappa shape index (κ3) is 3.55. The molecule has 0 fully saturated rings. The first kappa shape index (κ1) is 15.8. The molecule has 1 unspecified atom stereocenters. The van der Waals surface area contributed by atoms with Crippen LogP contribution >= 0.6 is 11.6 Å². The molecule has 0 heterocycles. The van der Waals surface area contributed by atoms with Crippen LogP contribution in [-0.4, -0.2) is 13.7 Å². The predicted octanol–water partition coefficient (Wildman–Crippen LogP) is 4.50. The second-order valence-electron chi connectivity index (χ2n) is 4.91. The van der Waals surface area contributed by atoms with E-state index in [0.29, 0.717) is 16.3 Å². The zero-order chi connectivity index (χ0) is 15.4. The van der Waals surface area contributed by atoms with E-state index in [-0.39, 0.29) is 11.9 Å². The van der Waals surface area contributed by atoms with Gasteiger partial charge in [-0.3, -0.25) is 0 Å². The highest BCUT2D eigenvalue weighted by Crippen LogP contribution is 2.31. The molecule has 0 saturated heterocycles. The van der Waals surface area contributed by atoms with E-state index in [1.807, 2.05) is 38.1 Å². The first-order valence-electron chi connectivity index (χ1n) is 6.89. The lowest BCUT2D eigenvalue weighted by Crippen LogP contribution is -2.23. The van der Waals surface area contributed by atoms with Gasteiger partial charge in [0, 0.05) is 5.56 Å². The molecular weight excluding hydrogens is 289 g/mol. The normalized spacial score (nSPS) is 12.2. The second kappa shape index (κ2) is 6.92. The maximum absolute atomic E-state index is 14.3. The summed E-state index contributed by atoms with van der Waals surface area (Å²) in [6.07, 6.45) is 0. The molecule has 112 valence electrons. The lowest BCUT2D eigenvalue weighted by atomic mass is 9.97. The Kier molecular flexibility index (Phi) is 5.21. The molecule has 0 spiro atoms. The highest BCUT2D eigenvalue weighted by atomic mass is 35.5. The molecule has 0 aliphatic rings. The topological polar surface area (TPSA) is 21.3 Å². The summed E-state index contributed by atoms with van der Waals surface area (Å²) in [7, 11) is 1.57. The number of aryl methyl sites for hydroxylation is 1. The van der Waals surface area contributed by atoms with Gasteiger partial charge in [-0.2, -0.15) is 0 Å². The van der Waals surface area contributed by atoms with Crippen LogP contribution in [0.5, 0.6) is 5.75 Å². The highest BCUT2D eigenvalue weighted by molar-refractivity contribution is 6.32. The van der Waals surface area contributed by atoms with Crippen molar-refractivity contribution in [3.63, 3.8) is 0 Å². The van der Waals surface area contributed by atoms with Gasteiger partial charge >= 0.3 is 0 Å². The lowest BCUT2D eigenvalue weighted by molar-refractivity contribution is 0.413. The Labute approximate surface area is 129 Å². The van der Waals surface area contributed by atoms with Crippen LogP contribution in [0.25, 0.3) is 0 Å². The molecule has 2 aromatic carbocycles. The Morgan fingerprint density at radius 1 is 1.24 bits per heavy atom. The highest BCUT2D eigenvalue weighted by Gasteiger charge is 2.18. The predicted molar refractivity (Wildman–Crippen MR) is 84.7 cm³/mol. The zero-order valence-corrected chi connectivity index (χ0v) is 13.2. The van der Waals surface area contributed by atoms with E-state index in [1.54, 1.807) is 19.2 Å². The van der Waals surface area contributed by atoms with Crippen molar-refractivity contribution in [3.05, 3.63) is 63.9 Å². The van der Waals surface area contributed by atoms with E-state index < -0.39 is 0 Å². The molecule has 2 nitrogen and oxygen atoms in total. The number of methoxy groups -OCH3 is 1. The summed E-state index contributed by atoms with van der Waals surface area (Å²) in [4.78, 5) is 0. The maximum atomic E-state index is 14.3. The maximum Gasteiger partial charge on any atom is 0.137 e. The minimum absolute atomic E-state index is 0.213. The van der Waals surface area contributed by atoms with Crippen LogP contribution < -0.4 is 10.1 Å². The van der Waals surface area contributed by atoms with Gasteiger partial charge in [-0.1, -0.05) is 36.7 Å². The van der Waals surface area contributed by atoms with E-state index in [0.717, 1.165) is 17.7 Å². The van der Waals surface area contributed by atoms with Gasteiger partial charge in [-0.25, -0.2) is 4.39 Å². The fourth-order valence-corrected chi connectivity index (χ4v) is 2.53. The summed E-state index contributed by atoms with van der Waals surface area (Å²) in [6, 6.07) is 10.5. The molecule has 0 bridgehead atoms. The Bertz CT molecular complexity index is 630. The molecule has 4 heteroatoms. The van der Waals surface area contributed by atoms with Crippen molar-refractivity contribution in [3.8, 4) is 5.75 Å². The van der Waals surface area contributed by atoms with E-state index >= 15 is 0 Å². The standard InChI is InChI=1S/C17H19ClFNO/c1-4-20-17(13-7-5-11(2)9-15(13)19)12-6-8-14(18)16(10-12)21-3/h5-10,17,20H,4H2,1-3H3. The van der Waals surface area contributed by atoms with Crippen molar-refractivity contribution in [1.82, 2.24) is 5.32 Å². The SMILES string of the molecule is CCNC(c1ccc(Cl)c(OC)c1)c1ccc(C)cc1F. The molecule has 2 aromatic rings. The van der Waals surface area contributed by atoms with Gasteiger partial charge in [0.1, 0.15) is 11.6 Å². The third-order valence-corrected chi connectivity index (χ3v) is 3.70. The van der Waals surface area contributed by atoms with Crippen LogP contribution in [-0.2, 0) is 0 Å². The molecule has 0 saturated carbocycles. The minimum Gasteiger partial charge on any atom is -0.495 e. The number of rotatable bonds is 5. The van der Waals surface area contributed by atoms with Gasteiger partial charge in [0.2, 0.25) is 0 Å². The van der Waals surface area contributed by atoms with E-state index in [4.69, 9.17) is 16.3 Å². The largest absolute Gasteiger partial charge is 0.495 e. The molecule has 0 radical (unpaired) electrons. The van der Waals surface area contributed by atoms with Gasteiger partial charge in [0.05, 0.1) is 18.2 Å². The first-order valence-corrected chi connectivity index (χ1v) is 7.27. The van der Waals surface area contributed by atoms with Gasteiger partial charge in [-0.15, -0.1) is 0 Å². The molecule has 0 amide bonds. The Hall–Kier alpha value is -1.58. The minimum atomic E-state index is -0.234. The molecule has 2 rings (SSSR count). The van der Waals surface area contributed by atoms with Crippen molar-refractivity contribution in [2.75, 3.05) is 13.7 Å². The average molecular weight is 308 g/mol. The van der Waals surface area contributed by atoms with Crippen molar-refractivity contribution in [2.24, 2.45) is 0 Å². The zero-order valence-electron chi connectivity index (χ0n) is 12.4. The van der Waals surface area contributed by atoms with Crippen LogP contribution in [0, 0.1) is 12.7 Å². The number of ether oxygens (including phenoxy) is 1. The summed E-state index contributed by atoms with van der Waals surface area (Å²) in [6.45, 7) is 4.59. The summed E-state index contributed by atoms with van der Waals surface area (Å²) >= 11 is 6.06. The van der Waals surface area contributed by atoms with Crippen molar-refractivity contribution < 1.29 is 9.13 Å². The third-order valence-electron chi connectivity index (χ3n) is 3.38. The van der Waals surface area contributed by atoms with Gasteiger partial charge in [0.15, 0.2) is 0 Å². The van der Waals surface area contributed by atoms with Crippen LogP contribution in [0.15, 0.2) is 36.4 Å². The summed E-state index contributed by atoms with van der Waals surface area (Å²) in [5, 5.41) is 3.85. The van der Waals surface area contributed by atoms with Crippen molar-refractivity contribution in [1.29, 1.82) is 0 Å². The van der Waals surface area contributed by atoms with E-state index in [1.165, 1.54) is 0 Å². The van der Waals surface area contributed by atoms with Crippen LogP contribution in [0.3, 0.4) is 0 Å². The van der Waals surface area contributed by atoms with Crippen LogP contribution in [0.1, 0.15) is 29.7 Å². The summed E-state index contributed by atoms with van der Waals surface area (Å²) in [5.74, 6) is 0.374. The smallest absolute Gasteiger partial charge is 0.137 e. The number of nitrogens with one attached hydrogen (secondary N) is 1. The Morgan fingerprint density at radius 2 is 2.00 bits per heavy atom. The second-order valence-corrected chi connectivity index (χ2v) is 5.32. The number of halogens is 2. The molecular formula is C17H19ClFNO. The summed E-state index contributed by atoms with van der Waals surface area (Å²) < 4.78 is 19.5. The molecule has 1 N–H and O–H groups in total.